The van der Waals surface area contributed by atoms with Gasteiger partial charge in [-0.05, 0) is 43.4 Å². The van der Waals surface area contributed by atoms with Crippen LogP contribution in [0.15, 0.2) is 28.7 Å². The fourth-order valence-corrected chi connectivity index (χ4v) is 2.73. The summed E-state index contributed by atoms with van der Waals surface area (Å²) < 4.78 is 6.72. The van der Waals surface area contributed by atoms with Crippen molar-refractivity contribution >= 4 is 21.8 Å². The van der Waals surface area contributed by atoms with Crippen LogP contribution in [-0.2, 0) is 16.1 Å². The maximum absolute atomic E-state index is 12.1. The Labute approximate surface area is 129 Å². The van der Waals surface area contributed by atoms with Gasteiger partial charge in [-0.1, -0.05) is 28.1 Å². The molecule has 3 nitrogen and oxygen atoms in total. The molecule has 110 valence electrons. The molecular formula is C16H22BrNO2. The lowest BCUT2D eigenvalue weighted by Gasteiger charge is -2.23. The maximum atomic E-state index is 12.1. The third-order valence-electron chi connectivity index (χ3n) is 3.71. The van der Waals surface area contributed by atoms with E-state index in [2.05, 4.69) is 15.9 Å². The number of halogens is 1. The Morgan fingerprint density at radius 3 is 2.75 bits per heavy atom. The molecular weight excluding hydrogens is 318 g/mol. The highest BCUT2D eigenvalue weighted by Crippen LogP contribution is 2.18. The number of carbonyl (C=O) groups excluding carboxylic acids is 1. The monoisotopic (exact) mass is 339 g/mol. The van der Waals surface area contributed by atoms with Gasteiger partial charge in [0, 0.05) is 31.1 Å². The molecule has 2 rings (SSSR count). The van der Waals surface area contributed by atoms with Gasteiger partial charge >= 0.3 is 0 Å². The molecule has 1 aliphatic heterocycles. The Hall–Kier alpha value is -0.870. The normalized spacial score (nSPS) is 18.8. The van der Waals surface area contributed by atoms with Crippen LogP contribution in [0.4, 0.5) is 0 Å². The Bertz CT molecular complexity index is 427. The summed E-state index contributed by atoms with van der Waals surface area (Å²) in [5, 5.41) is 0. The summed E-state index contributed by atoms with van der Waals surface area (Å²) in [6, 6.07) is 8.09. The van der Waals surface area contributed by atoms with Gasteiger partial charge in [0.15, 0.2) is 0 Å². The van der Waals surface area contributed by atoms with Gasteiger partial charge in [0.05, 0.1) is 6.10 Å². The van der Waals surface area contributed by atoms with Gasteiger partial charge < -0.3 is 9.64 Å². The van der Waals surface area contributed by atoms with E-state index in [-0.39, 0.29) is 12.0 Å². The van der Waals surface area contributed by atoms with E-state index in [4.69, 9.17) is 4.74 Å². The maximum Gasteiger partial charge on any atom is 0.222 e. The molecule has 1 heterocycles. The van der Waals surface area contributed by atoms with Crippen molar-refractivity contribution in [1.82, 2.24) is 4.90 Å². The fraction of sp³-hybridized carbons (Fsp3) is 0.562. The summed E-state index contributed by atoms with van der Waals surface area (Å²) in [6.45, 7) is 1.52. The number of ether oxygens (including phenoxy) is 1. The quantitative estimate of drug-likeness (QED) is 0.817. The summed E-state index contributed by atoms with van der Waals surface area (Å²) in [5.41, 5.74) is 1.15. The summed E-state index contributed by atoms with van der Waals surface area (Å²) in [6.07, 6.45) is 5.21. The van der Waals surface area contributed by atoms with E-state index in [0.29, 0.717) is 13.0 Å². The first-order chi connectivity index (χ1) is 9.65. The Morgan fingerprint density at radius 2 is 2.10 bits per heavy atom. The highest BCUT2D eigenvalue weighted by Gasteiger charge is 2.17. The van der Waals surface area contributed by atoms with Crippen molar-refractivity contribution in [2.75, 3.05) is 13.7 Å². The van der Waals surface area contributed by atoms with Gasteiger partial charge in [0.1, 0.15) is 0 Å². The molecule has 1 aliphatic rings. The number of hydrogen-bond acceptors (Lipinski definition) is 2. The van der Waals surface area contributed by atoms with Gasteiger partial charge in [-0.15, -0.1) is 0 Å². The predicted molar refractivity (Wildman–Crippen MR) is 83.4 cm³/mol. The molecule has 4 heteroatoms. The minimum absolute atomic E-state index is 0.196. The van der Waals surface area contributed by atoms with Crippen molar-refractivity contribution in [2.45, 2.75) is 44.8 Å². The summed E-state index contributed by atoms with van der Waals surface area (Å²) in [4.78, 5) is 13.9. The molecule has 0 saturated carbocycles. The lowest BCUT2D eigenvalue weighted by Crippen LogP contribution is -2.28. The molecule has 0 aliphatic carbocycles. The van der Waals surface area contributed by atoms with Crippen LogP contribution in [0.2, 0.25) is 0 Å². The van der Waals surface area contributed by atoms with Gasteiger partial charge in [-0.2, -0.15) is 0 Å². The number of carbonyl (C=O) groups is 1. The molecule has 20 heavy (non-hydrogen) atoms. The molecule has 1 aromatic rings. The number of amides is 1. The fourth-order valence-electron chi connectivity index (χ4n) is 2.46. The Kier molecular flexibility index (Phi) is 6.05. The highest BCUT2D eigenvalue weighted by atomic mass is 79.9. The first-order valence-corrected chi connectivity index (χ1v) is 8.04. The van der Waals surface area contributed by atoms with E-state index < -0.39 is 0 Å². The van der Waals surface area contributed by atoms with E-state index in [9.17, 15) is 4.79 Å². The van der Waals surface area contributed by atoms with Gasteiger partial charge in [-0.25, -0.2) is 0 Å². The first-order valence-electron chi connectivity index (χ1n) is 7.25. The molecule has 1 unspecified atom stereocenters. The predicted octanol–water partition coefficient (Wildman–Crippen LogP) is 3.76. The van der Waals surface area contributed by atoms with Crippen LogP contribution in [0.25, 0.3) is 0 Å². The minimum atomic E-state index is 0.196. The summed E-state index contributed by atoms with van der Waals surface area (Å²) in [7, 11) is 1.87. The van der Waals surface area contributed by atoms with Gasteiger partial charge in [0.2, 0.25) is 5.91 Å². The molecule has 0 aromatic heterocycles. The Balaban J connectivity index is 1.75. The first kappa shape index (κ1) is 15.5. The van der Waals surface area contributed by atoms with Gasteiger partial charge in [0.25, 0.3) is 0 Å². The molecule has 0 N–H and O–H groups in total. The average molecular weight is 340 g/mol. The van der Waals surface area contributed by atoms with E-state index in [1.54, 1.807) is 4.90 Å². The molecule has 1 fully saturated rings. The van der Waals surface area contributed by atoms with Crippen LogP contribution in [0, 0.1) is 0 Å². The van der Waals surface area contributed by atoms with E-state index in [0.717, 1.165) is 35.9 Å². The van der Waals surface area contributed by atoms with Crippen molar-refractivity contribution in [3.05, 3.63) is 34.3 Å². The summed E-state index contributed by atoms with van der Waals surface area (Å²) >= 11 is 3.42. The van der Waals surface area contributed by atoms with Gasteiger partial charge in [-0.3, -0.25) is 4.79 Å². The molecule has 1 aromatic carbocycles. The van der Waals surface area contributed by atoms with E-state index >= 15 is 0 Å². The van der Waals surface area contributed by atoms with E-state index in [1.807, 2.05) is 31.3 Å². The standard InChI is InChI=1S/C16H22BrNO2/c1-18(12-13-5-7-14(17)8-6-13)16(19)10-9-15-4-2-3-11-20-15/h5-8,15H,2-4,9-12H2,1H3. The van der Waals surface area contributed by atoms with Crippen molar-refractivity contribution in [2.24, 2.45) is 0 Å². The zero-order valence-corrected chi connectivity index (χ0v) is 13.6. The number of benzene rings is 1. The minimum Gasteiger partial charge on any atom is -0.378 e. The smallest absolute Gasteiger partial charge is 0.222 e. The van der Waals surface area contributed by atoms with Crippen molar-refractivity contribution in [3.8, 4) is 0 Å². The second-order valence-corrected chi connectivity index (χ2v) is 6.32. The average Bonchev–Trinajstić information content (AvgIpc) is 2.48. The van der Waals surface area contributed by atoms with Crippen LogP contribution in [-0.4, -0.2) is 30.6 Å². The number of nitrogens with zero attached hydrogens (tertiary/aromatic N) is 1. The largest absolute Gasteiger partial charge is 0.378 e. The number of hydrogen-bond donors (Lipinski definition) is 0. The van der Waals surface area contributed by atoms with Crippen LogP contribution < -0.4 is 0 Å². The van der Waals surface area contributed by atoms with Crippen LogP contribution in [0.3, 0.4) is 0 Å². The molecule has 0 bridgehead atoms. The third-order valence-corrected chi connectivity index (χ3v) is 4.24. The molecule has 1 amide bonds. The zero-order valence-electron chi connectivity index (χ0n) is 12.0. The SMILES string of the molecule is CN(Cc1ccc(Br)cc1)C(=O)CCC1CCCCO1. The van der Waals surface area contributed by atoms with Crippen LogP contribution in [0.1, 0.15) is 37.7 Å². The van der Waals surface area contributed by atoms with Crippen LogP contribution >= 0.6 is 15.9 Å². The summed E-state index contributed by atoms with van der Waals surface area (Å²) in [5.74, 6) is 0.196. The second-order valence-electron chi connectivity index (χ2n) is 5.40. The van der Waals surface area contributed by atoms with E-state index in [1.165, 1.54) is 6.42 Å². The lowest BCUT2D eigenvalue weighted by atomic mass is 10.0. The van der Waals surface area contributed by atoms with Crippen molar-refractivity contribution in [1.29, 1.82) is 0 Å². The lowest BCUT2D eigenvalue weighted by molar-refractivity contribution is -0.131. The number of rotatable bonds is 5. The second kappa shape index (κ2) is 7.79. The Morgan fingerprint density at radius 1 is 1.35 bits per heavy atom. The molecule has 0 spiro atoms. The topological polar surface area (TPSA) is 29.5 Å². The van der Waals surface area contributed by atoms with Crippen molar-refractivity contribution < 1.29 is 9.53 Å². The van der Waals surface area contributed by atoms with Crippen molar-refractivity contribution in [3.63, 3.8) is 0 Å². The molecule has 1 saturated heterocycles. The molecule has 0 radical (unpaired) electrons. The van der Waals surface area contributed by atoms with Crippen LogP contribution in [0.5, 0.6) is 0 Å². The highest BCUT2D eigenvalue weighted by molar-refractivity contribution is 9.10. The molecule has 1 atom stereocenters. The third kappa shape index (κ3) is 4.91. The zero-order chi connectivity index (χ0) is 14.4.